The first-order valence-corrected chi connectivity index (χ1v) is 10.5. The Hall–Kier alpha value is -3.16. The van der Waals surface area contributed by atoms with Gasteiger partial charge in [-0.25, -0.2) is 4.79 Å². The van der Waals surface area contributed by atoms with Gasteiger partial charge >= 0.3 is 6.03 Å². The summed E-state index contributed by atoms with van der Waals surface area (Å²) in [5, 5.41) is 12.0. The average Bonchev–Trinajstić information content (AvgIpc) is 2.76. The number of para-hydroxylation sites is 1. The van der Waals surface area contributed by atoms with Crippen LogP contribution in [0.2, 0.25) is 0 Å². The lowest BCUT2D eigenvalue weighted by Crippen LogP contribution is -2.45. The number of carbonyl (C=O) groups is 3. The van der Waals surface area contributed by atoms with E-state index in [0.717, 1.165) is 42.1 Å². The molecule has 2 rings (SSSR count). The van der Waals surface area contributed by atoms with Gasteiger partial charge in [-0.05, 0) is 43.4 Å². The number of pyridine rings is 1. The van der Waals surface area contributed by atoms with Crippen LogP contribution in [0.5, 0.6) is 0 Å². The van der Waals surface area contributed by atoms with Crippen LogP contribution in [-0.4, -0.2) is 49.0 Å². The number of unbranched alkanes of at least 4 members (excludes halogenated alkanes) is 2. The molecule has 0 radical (unpaired) electrons. The molecule has 1 heterocycles. The van der Waals surface area contributed by atoms with Crippen molar-refractivity contribution in [3.63, 3.8) is 0 Å². The molecule has 30 heavy (non-hydrogen) atoms. The fourth-order valence-electron chi connectivity index (χ4n) is 3.04. The van der Waals surface area contributed by atoms with Gasteiger partial charge in [0, 0.05) is 37.6 Å². The molecule has 4 amide bonds. The van der Waals surface area contributed by atoms with Crippen molar-refractivity contribution in [2.45, 2.75) is 45.1 Å². The molecule has 0 spiro atoms. The van der Waals surface area contributed by atoms with Crippen LogP contribution < -0.4 is 21.3 Å². The van der Waals surface area contributed by atoms with Crippen molar-refractivity contribution in [2.75, 3.05) is 19.6 Å². The maximum atomic E-state index is 12.5. The van der Waals surface area contributed by atoms with Crippen LogP contribution in [0, 0.1) is 0 Å². The highest BCUT2D eigenvalue weighted by molar-refractivity contribution is 5.84. The van der Waals surface area contributed by atoms with E-state index in [1.165, 1.54) is 0 Å². The van der Waals surface area contributed by atoms with Crippen LogP contribution in [-0.2, 0) is 16.0 Å². The van der Waals surface area contributed by atoms with Crippen LogP contribution in [0.15, 0.2) is 36.5 Å². The summed E-state index contributed by atoms with van der Waals surface area (Å²) in [6.07, 6.45) is 6.09. The smallest absolute Gasteiger partial charge is 0.314 e. The fraction of sp³-hybridized carbons (Fsp3) is 0.455. The second-order valence-corrected chi connectivity index (χ2v) is 7.11. The van der Waals surface area contributed by atoms with E-state index in [-0.39, 0.29) is 11.9 Å². The van der Waals surface area contributed by atoms with Crippen molar-refractivity contribution in [1.29, 1.82) is 0 Å². The van der Waals surface area contributed by atoms with Gasteiger partial charge in [0.05, 0.1) is 5.52 Å². The predicted molar refractivity (Wildman–Crippen MR) is 117 cm³/mol. The molecule has 0 aliphatic carbocycles. The highest BCUT2D eigenvalue weighted by Crippen LogP contribution is 2.14. The van der Waals surface area contributed by atoms with E-state index in [4.69, 9.17) is 0 Å². The van der Waals surface area contributed by atoms with Crippen molar-refractivity contribution >= 4 is 29.3 Å². The Morgan fingerprint density at radius 1 is 1.03 bits per heavy atom. The van der Waals surface area contributed by atoms with Gasteiger partial charge in [-0.1, -0.05) is 25.1 Å². The van der Waals surface area contributed by atoms with Crippen LogP contribution >= 0.6 is 0 Å². The molecule has 0 aliphatic heterocycles. The zero-order chi connectivity index (χ0) is 21.6. The Kier molecular flexibility index (Phi) is 10.1. The molecule has 1 aromatic heterocycles. The third kappa shape index (κ3) is 8.06. The molecule has 0 saturated heterocycles. The Morgan fingerprint density at radius 3 is 2.53 bits per heavy atom. The zero-order valence-corrected chi connectivity index (χ0v) is 17.4. The summed E-state index contributed by atoms with van der Waals surface area (Å²) < 4.78 is 0. The SMILES string of the molecule is CCCNC(=O)NCCCCCNC(=O)C(Cc1cnc2ccccc2c1)NC=O. The predicted octanol–water partition coefficient (Wildman–Crippen LogP) is 1.89. The number of aromatic nitrogens is 1. The van der Waals surface area contributed by atoms with E-state index in [9.17, 15) is 14.4 Å². The molecule has 1 atom stereocenters. The Balaban J connectivity index is 1.70. The minimum atomic E-state index is -0.644. The van der Waals surface area contributed by atoms with E-state index in [0.29, 0.717) is 32.5 Å². The number of nitrogens with one attached hydrogen (secondary N) is 4. The highest BCUT2D eigenvalue weighted by atomic mass is 16.2. The van der Waals surface area contributed by atoms with Gasteiger partial charge in [-0.2, -0.15) is 0 Å². The van der Waals surface area contributed by atoms with E-state index < -0.39 is 6.04 Å². The van der Waals surface area contributed by atoms with Crippen molar-refractivity contribution in [3.8, 4) is 0 Å². The van der Waals surface area contributed by atoms with Crippen molar-refractivity contribution in [1.82, 2.24) is 26.3 Å². The average molecular weight is 414 g/mol. The third-order valence-corrected chi connectivity index (χ3v) is 4.65. The molecule has 1 unspecified atom stereocenters. The summed E-state index contributed by atoms with van der Waals surface area (Å²) in [4.78, 5) is 39.2. The van der Waals surface area contributed by atoms with Gasteiger partial charge in [-0.3, -0.25) is 14.6 Å². The van der Waals surface area contributed by atoms with Gasteiger partial charge in [0.1, 0.15) is 6.04 Å². The van der Waals surface area contributed by atoms with E-state index in [1.807, 2.05) is 37.3 Å². The number of hydrogen-bond acceptors (Lipinski definition) is 4. The molecular formula is C22H31N5O3. The maximum absolute atomic E-state index is 12.5. The Bertz CT molecular complexity index is 827. The van der Waals surface area contributed by atoms with Crippen molar-refractivity contribution < 1.29 is 14.4 Å². The first kappa shape index (κ1) is 23.1. The number of benzene rings is 1. The van der Waals surface area contributed by atoms with Gasteiger partial charge in [0.2, 0.25) is 12.3 Å². The van der Waals surface area contributed by atoms with Crippen molar-refractivity contribution in [2.24, 2.45) is 0 Å². The van der Waals surface area contributed by atoms with Gasteiger partial charge < -0.3 is 21.3 Å². The molecule has 0 fully saturated rings. The number of amides is 4. The maximum Gasteiger partial charge on any atom is 0.314 e. The van der Waals surface area contributed by atoms with E-state index in [2.05, 4.69) is 26.3 Å². The summed E-state index contributed by atoms with van der Waals surface area (Å²) in [7, 11) is 0. The molecule has 0 bridgehead atoms. The van der Waals surface area contributed by atoms with E-state index >= 15 is 0 Å². The lowest BCUT2D eigenvalue weighted by Gasteiger charge is -2.16. The minimum absolute atomic E-state index is 0.142. The largest absolute Gasteiger partial charge is 0.354 e. The summed E-state index contributed by atoms with van der Waals surface area (Å²) in [5.41, 5.74) is 1.78. The normalized spacial score (nSPS) is 11.5. The van der Waals surface area contributed by atoms with Gasteiger partial charge in [-0.15, -0.1) is 0 Å². The third-order valence-electron chi connectivity index (χ3n) is 4.65. The van der Waals surface area contributed by atoms with Crippen molar-refractivity contribution in [3.05, 3.63) is 42.1 Å². The number of rotatable bonds is 13. The van der Waals surface area contributed by atoms with Gasteiger partial charge in [0.25, 0.3) is 0 Å². The molecule has 0 aliphatic rings. The van der Waals surface area contributed by atoms with Crippen LogP contribution in [0.4, 0.5) is 4.79 Å². The molecule has 8 nitrogen and oxygen atoms in total. The zero-order valence-electron chi connectivity index (χ0n) is 17.4. The summed E-state index contributed by atoms with van der Waals surface area (Å²) in [6.45, 7) is 3.80. The molecule has 8 heteroatoms. The Labute approximate surface area is 177 Å². The molecule has 162 valence electrons. The molecule has 4 N–H and O–H groups in total. The topological polar surface area (TPSA) is 112 Å². The quantitative estimate of drug-likeness (QED) is 0.297. The lowest BCUT2D eigenvalue weighted by molar-refractivity contribution is -0.125. The number of carbonyl (C=O) groups excluding carboxylic acids is 3. The molecule has 1 aromatic carbocycles. The second kappa shape index (κ2) is 13.1. The Morgan fingerprint density at radius 2 is 1.77 bits per heavy atom. The summed E-state index contributed by atoms with van der Waals surface area (Å²) in [6, 6.07) is 8.96. The molecule has 2 aromatic rings. The fourth-order valence-corrected chi connectivity index (χ4v) is 3.04. The highest BCUT2D eigenvalue weighted by Gasteiger charge is 2.18. The number of urea groups is 1. The number of hydrogen-bond donors (Lipinski definition) is 4. The summed E-state index contributed by atoms with van der Waals surface area (Å²) >= 11 is 0. The minimum Gasteiger partial charge on any atom is -0.354 e. The van der Waals surface area contributed by atoms with E-state index in [1.54, 1.807) is 6.20 Å². The van der Waals surface area contributed by atoms with Crippen LogP contribution in [0.1, 0.15) is 38.2 Å². The summed E-state index contributed by atoms with van der Waals surface area (Å²) in [5.74, 6) is -0.215. The van der Waals surface area contributed by atoms with Gasteiger partial charge in [0.15, 0.2) is 0 Å². The van der Waals surface area contributed by atoms with Crippen LogP contribution in [0.25, 0.3) is 10.9 Å². The van der Waals surface area contributed by atoms with Crippen LogP contribution in [0.3, 0.4) is 0 Å². The lowest BCUT2D eigenvalue weighted by atomic mass is 10.0. The molecule has 0 saturated carbocycles. The number of nitrogens with zero attached hydrogens (tertiary/aromatic N) is 1. The standard InChI is InChI=1S/C22H31N5O3/c1-2-10-24-22(30)25-12-7-3-6-11-23-21(29)20(27-16-28)14-17-13-18-8-4-5-9-19(18)26-15-17/h4-5,8-9,13,15-16,20H,2-3,6-7,10-12,14H2,1H3,(H,23,29)(H,27,28)(H2,24,25,30). The molecular weight excluding hydrogens is 382 g/mol. The number of fused-ring (bicyclic) bond motifs is 1. The first-order valence-electron chi connectivity index (χ1n) is 10.5. The first-order chi connectivity index (χ1) is 14.6. The monoisotopic (exact) mass is 413 g/mol. The second-order valence-electron chi connectivity index (χ2n) is 7.11.